The number of hydrogen-bond acceptors (Lipinski definition) is 4. The molecule has 1 aromatic rings. The lowest BCUT2D eigenvalue weighted by molar-refractivity contribution is 0.0532. The summed E-state index contributed by atoms with van der Waals surface area (Å²) in [5.74, 6) is 0. The number of piperazine rings is 1. The van der Waals surface area contributed by atoms with Gasteiger partial charge in [0.25, 0.3) is 0 Å². The summed E-state index contributed by atoms with van der Waals surface area (Å²) in [5, 5.41) is 4.63. The maximum absolute atomic E-state index is 5.86. The lowest BCUT2D eigenvalue weighted by Crippen LogP contribution is -2.57. The number of hydrogen-bond donors (Lipinski definition) is 1. The first kappa shape index (κ1) is 15.5. The number of nitrogens with two attached hydrogens (primary N) is 1. The van der Waals surface area contributed by atoms with E-state index in [2.05, 4.69) is 54.9 Å². The van der Waals surface area contributed by atoms with Gasteiger partial charge in [-0.05, 0) is 33.8 Å². The van der Waals surface area contributed by atoms with E-state index in [0.717, 1.165) is 32.7 Å². The number of rotatable bonds is 5. The molecule has 2 N–H and O–H groups in total. The van der Waals surface area contributed by atoms with Gasteiger partial charge in [0.05, 0.1) is 5.69 Å². The molecule has 5 nitrogen and oxygen atoms in total. The maximum atomic E-state index is 5.86. The van der Waals surface area contributed by atoms with Gasteiger partial charge >= 0.3 is 0 Å². The fourth-order valence-electron chi connectivity index (χ4n) is 2.62. The Labute approximate surface area is 122 Å². The highest BCUT2D eigenvalue weighted by Gasteiger charge is 2.28. The minimum atomic E-state index is 0.116. The topological polar surface area (TPSA) is 50.3 Å². The normalized spacial score (nSPS) is 18.9. The average molecular weight is 279 g/mol. The third kappa shape index (κ3) is 3.59. The molecule has 20 heavy (non-hydrogen) atoms. The van der Waals surface area contributed by atoms with Crippen molar-refractivity contribution >= 4 is 0 Å². The molecular formula is C15H29N5. The zero-order chi connectivity index (χ0) is 14.8. The molecule has 114 valence electrons. The van der Waals surface area contributed by atoms with Crippen molar-refractivity contribution < 1.29 is 0 Å². The third-order valence-electron chi connectivity index (χ3n) is 4.31. The van der Waals surface area contributed by atoms with Crippen LogP contribution in [0.2, 0.25) is 0 Å². The second kappa shape index (κ2) is 6.24. The highest BCUT2D eigenvalue weighted by molar-refractivity contribution is 5.00. The predicted octanol–water partition coefficient (Wildman–Crippen LogP) is 1.32. The van der Waals surface area contributed by atoms with Gasteiger partial charge in [0.2, 0.25) is 0 Å². The van der Waals surface area contributed by atoms with E-state index < -0.39 is 0 Å². The fraction of sp³-hybridized carbons (Fsp3) is 0.800. The summed E-state index contributed by atoms with van der Waals surface area (Å²) in [5.41, 5.74) is 7.15. The molecule has 0 amide bonds. The van der Waals surface area contributed by atoms with Gasteiger partial charge in [-0.1, -0.05) is 0 Å². The van der Waals surface area contributed by atoms with Crippen molar-refractivity contribution in [1.82, 2.24) is 19.6 Å². The zero-order valence-corrected chi connectivity index (χ0v) is 13.3. The largest absolute Gasteiger partial charge is 0.329 e. The van der Waals surface area contributed by atoms with Crippen LogP contribution in [0.3, 0.4) is 0 Å². The Morgan fingerprint density at radius 2 is 1.90 bits per heavy atom. The van der Waals surface area contributed by atoms with E-state index in [9.17, 15) is 0 Å². The molecule has 0 aliphatic carbocycles. The first-order chi connectivity index (χ1) is 9.42. The van der Waals surface area contributed by atoms with Gasteiger partial charge in [-0.25, -0.2) is 0 Å². The first-order valence-electron chi connectivity index (χ1n) is 7.64. The molecule has 2 rings (SSSR count). The maximum Gasteiger partial charge on any atom is 0.0764 e. The molecular weight excluding hydrogens is 250 g/mol. The van der Waals surface area contributed by atoms with Gasteiger partial charge in [0.15, 0.2) is 0 Å². The Bertz CT molecular complexity index is 416. The van der Waals surface area contributed by atoms with Gasteiger partial charge in [0, 0.05) is 57.0 Å². The van der Waals surface area contributed by atoms with Crippen LogP contribution in [0.1, 0.15) is 39.4 Å². The van der Waals surface area contributed by atoms with Crippen molar-refractivity contribution in [3.63, 3.8) is 0 Å². The highest BCUT2D eigenvalue weighted by Crippen LogP contribution is 2.16. The molecule has 0 saturated carbocycles. The zero-order valence-electron chi connectivity index (χ0n) is 13.3. The minimum absolute atomic E-state index is 0.116. The molecule has 1 fully saturated rings. The predicted molar refractivity (Wildman–Crippen MR) is 82.6 cm³/mol. The van der Waals surface area contributed by atoms with Gasteiger partial charge in [-0.2, -0.15) is 5.10 Å². The number of aromatic nitrogens is 2. The van der Waals surface area contributed by atoms with E-state index in [1.165, 1.54) is 5.69 Å². The van der Waals surface area contributed by atoms with Gasteiger partial charge < -0.3 is 5.73 Å². The highest BCUT2D eigenvalue weighted by atomic mass is 15.3. The lowest BCUT2D eigenvalue weighted by Gasteiger charge is -2.43. The van der Waals surface area contributed by atoms with Crippen LogP contribution >= 0.6 is 0 Å². The van der Waals surface area contributed by atoms with E-state index in [0.29, 0.717) is 12.6 Å². The molecule has 1 saturated heterocycles. The number of nitrogens with zero attached hydrogens (tertiary/aromatic N) is 4. The fourth-order valence-corrected chi connectivity index (χ4v) is 2.62. The van der Waals surface area contributed by atoms with Crippen LogP contribution in [-0.4, -0.2) is 57.8 Å². The third-order valence-corrected chi connectivity index (χ3v) is 4.31. The van der Waals surface area contributed by atoms with Crippen LogP contribution < -0.4 is 5.73 Å². The van der Waals surface area contributed by atoms with Crippen LogP contribution in [0, 0.1) is 0 Å². The monoisotopic (exact) mass is 279 g/mol. The smallest absolute Gasteiger partial charge is 0.0764 e. The molecule has 1 aromatic heterocycles. The molecule has 0 unspecified atom stereocenters. The van der Waals surface area contributed by atoms with Gasteiger partial charge in [-0.15, -0.1) is 0 Å². The summed E-state index contributed by atoms with van der Waals surface area (Å²) >= 11 is 0. The standard InChI is InChI=1S/C15H29N5/c1-13(2)20-6-5-14(17-20)11-18-7-9-19(10-8-18)15(3,4)12-16/h5-6,13H,7-12,16H2,1-4H3. The Balaban J connectivity index is 1.85. The van der Waals surface area contributed by atoms with E-state index >= 15 is 0 Å². The first-order valence-corrected chi connectivity index (χ1v) is 7.64. The van der Waals surface area contributed by atoms with E-state index in [-0.39, 0.29) is 5.54 Å². The second-order valence-corrected chi connectivity index (χ2v) is 6.66. The molecule has 0 spiro atoms. The van der Waals surface area contributed by atoms with Crippen molar-refractivity contribution in [2.75, 3.05) is 32.7 Å². The lowest BCUT2D eigenvalue weighted by atomic mass is 10.0. The van der Waals surface area contributed by atoms with Crippen LogP contribution in [0.15, 0.2) is 12.3 Å². The summed E-state index contributed by atoms with van der Waals surface area (Å²) in [7, 11) is 0. The van der Waals surface area contributed by atoms with E-state index in [1.807, 2.05) is 4.68 Å². The Morgan fingerprint density at radius 3 is 2.40 bits per heavy atom. The summed E-state index contributed by atoms with van der Waals surface area (Å²) in [6, 6.07) is 2.57. The van der Waals surface area contributed by atoms with Crippen molar-refractivity contribution in [3.05, 3.63) is 18.0 Å². The molecule has 2 heterocycles. The Kier molecular flexibility index (Phi) is 4.83. The van der Waals surface area contributed by atoms with Crippen molar-refractivity contribution in [2.45, 2.75) is 45.8 Å². The Morgan fingerprint density at radius 1 is 1.25 bits per heavy atom. The van der Waals surface area contributed by atoms with Crippen LogP contribution in [0.25, 0.3) is 0 Å². The molecule has 0 bridgehead atoms. The van der Waals surface area contributed by atoms with Crippen LogP contribution in [0.4, 0.5) is 0 Å². The molecule has 0 aromatic carbocycles. The average Bonchev–Trinajstić information content (AvgIpc) is 2.88. The molecule has 0 radical (unpaired) electrons. The summed E-state index contributed by atoms with van der Waals surface area (Å²) in [4.78, 5) is 4.98. The van der Waals surface area contributed by atoms with Crippen molar-refractivity contribution in [3.8, 4) is 0 Å². The quantitative estimate of drug-likeness (QED) is 0.883. The van der Waals surface area contributed by atoms with E-state index in [1.54, 1.807) is 0 Å². The van der Waals surface area contributed by atoms with Gasteiger partial charge in [-0.3, -0.25) is 14.5 Å². The Hall–Kier alpha value is -0.910. The minimum Gasteiger partial charge on any atom is -0.329 e. The molecule has 5 heteroatoms. The summed E-state index contributed by atoms with van der Waals surface area (Å²) < 4.78 is 2.03. The van der Waals surface area contributed by atoms with Crippen molar-refractivity contribution in [1.29, 1.82) is 0 Å². The van der Waals surface area contributed by atoms with Gasteiger partial charge in [0.1, 0.15) is 0 Å². The SMILES string of the molecule is CC(C)n1ccc(CN2CCN(C(C)(C)CN)CC2)n1. The summed E-state index contributed by atoms with van der Waals surface area (Å²) in [6.45, 7) is 14.8. The van der Waals surface area contributed by atoms with Crippen LogP contribution in [0.5, 0.6) is 0 Å². The second-order valence-electron chi connectivity index (χ2n) is 6.66. The summed E-state index contributed by atoms with van der Waals surface area (Å²) in [6.07, 6.45) is 2.08. The molecule has 1 aliphatic rings. The molecule has 0 atom stereocenters. The van der Waals surface area contributed by atoms with Crippen LogP contribution in [-0.2, 0) is 6.54 Å². The molecule has 1 aliphatic heterocycles. The van der Waals surface area contributed by atoms with Crippen molar-refractivity contribution in [2.24, 2.45) is 5.73 Å². The van der Waals surface area contributed by atoms with E-state index in [4.69, 9.17) is 5.73 Å².